The topological polar surface area (TPSA) is 139 Å². The van der Waals surface area contributed by atoms with Crippen LogP contribution in [0.15, 0.2) is 30.9 Å². The number of likely N-dealkylation sites (tertiary alicyclic amines) is 1. The van der Waals surface area contributed by atoms with Gasteiger partial charge in [-0.05, 0) is 37.4 Å². The van der Waals surface area contributed by atoms with Crippen molar-refractivity contribution in [1.82, 2.24) is 25.1 Å². The first-order chi connectivity index (χ1) is 15.4. The molecule has 3 rings (SSSR count). The van der Waals surface area contributed by atoms with Gasteiger partial charge in [-0.3, -0.25) is 14.5 Å². The molecule has 2 heterocycles. The van der Waals surface area contributed by atoms with Crippen molar-refractivity contribution in [1.29, 1.82) is 0 Å². The molecule has 2 amide bonds. The molecule has 1 saturated heterocycles. The molecule has 32 heavy (non-hydrogen) atoms. The number of aryl methyl sites for hydroxylation is 1. The highest BCUT2D eigenvalue weighted by Crippen LogP contribution is 2.16. The van der Waals surface area contributed by atoms with E-state index in [-0.39, 0.29) is 19.0 Å². The van der Waals surface area contributed by atoms with Crippen molar-refractivity contribution in [2.75, 3.05) is 39.8 Å². The first-order valence-electron chi connectivity index (χ1n) is 10.3. The van der Waals surface area contributed by atoms with Gasteiger partial charge in [-0.2, -0.15) is 0 Å². The fraction of sp³-hybridized carbons (Fsp3) is 0.455. The number of benzene rings is 1. The lowest BCUT2D eigenvalue weighted by Crippen LogP contribution is -2.41. The van der Waals surface area contributed by atoms with Crippen molar-refractivity contribution in [2.45, 2.75) is 19.8 Å². The maximum atomic E-state index is 12.3. The smallest absolute Gasteiger partial charge is 0.317 e. The number of aromatic amines is 1. The number of para-hydroxylation sites is 1. The Morgan fingerprint density at radius 1 is 1.38 bits per heavy atom. The fourth-order valence-electron chi connectivity index (χ4n) is 3.51. The SMILES string of the molecule is C=CCN1CCC(CNC(=O)N(C)CCc2nc3c(C)cccc3[nH]2)C1.O=CO.O=CO. The monoisotopic (exact) mass is 447 g/mol. The van der Waals surface area contributed by atoms with Crippen LogP contribution >= 0.6 is 0 Å². The summed E-state index contributed by atoms with van der Waals surface area (Å²) in [4.78, 5) is 41.1. The lowest BCUT2D eigenvalue weighted by Gasteiger charge is -2.19. The zero-order valence-electron chi connectivity index (χ0n) is 18.7. The Bertz CT molecular complexity index is 864. The molecule has 0 saturated carbocycles. The van der Waals surface area contributed by atoms with E-state index in [2.05, 4.69) is 39.8 Å². The van der Waals surface area contributed by atoms with E-state index >= 15 is 0 Å². The van der Waals surface area contributed by atoms with Gasteiger partial charge in [0.15, 0.2) is 0 Å². The maximum Gasteiger partial charge on any atom is 0.317 e. The summed E-state index contributed by atoms with van der Waals surface area (Å²) in [5.74, 6) is 1.45. The summed E-state index contributed by atoms with van der Waals surface area (Å²) in [7, 11) is 1.84. The third-order valence-corrected chi connectivity index (χ3v) is 5.09. The first-order valence-corrected chi connectivity index (χ1v) is 10.3. The van der Waals surface area contributed by atoms with Crippen LogP contribution in [0.25, 0.3) is 11.0 Å². The Labute approximate surface area is 187 Å². The molecule has 0 bridgehead atoms. The molecule has 1 aromatic carbocycles. The predicted molar refractivity (Wildman–Crippen MR) is 123 cm³/mol. The summed E-state index contributed by atoms with van der Waals surface area (Å²) in [6, 6.07) is 6.11. The summed E-state index contributed by atoms with van der Waals surface area (Å²) in [6.45, 7) is 9.78. The number of fused-ring (bicyclic) bond motifs is 1. The van der Waals surface area contributed by atoms with Gasteiger partial charge in [-0.15, -0.1) is 6.58 Å². The Balaban J connectivity index is 0.000000769. The molecule has 2 aromatic rings. The maximum absolute atomic E-state index is 12.3. The van der Waals surface area contributed by atoms with Crippen molar-refractivity contribution in [3.05, 3.63) is 42.2 Å². The normalized spacial score (nSPS) is 15.0. The van der Waals surface area contributed by atoms with Crippen LogP contribution < -0.4 is 5.32 Å². The number of carbonyl (C=O) groups is 3. The highest BCUT2D eigenvalue weighted by Gasteiger charge is 2.22. The second kappa shape index (κ2) is 14.6. The third-order valence-electron chi connectivity index (χ3n) is 5.09. The summed E-state index contributed by atoms with van der Waals surface area (Å²) in [5, 5.41) is 16.8. The van der Waals surface area contributed by atoms with Crippen LogP contribution in [0.4, 0.5) is 4.79 Å². The third kappa shape index (κ3) is 8.76. The standard InChI is InChI=1S/C20H29N5O.2CH2O2/c1-4-10-25-12-8-16(14-25)13-21-20(26)24(3)11-9-18-22-17-7-5-6-15(2)19(17)23-18;2*2-1-3/h4-7,16H,1,8-14H2,2-3H3,(H,21,26)(H,22,23);2*1H,(H,2,3). The Kier molecular flexibility index (Phi) is 12.1. The minimum atomic E-state index is -0.250. The number of carbonyl (C=O) groups excluding carboxylic acids is 1. The zero-order chi connectivity index (χ0) is 23.9. The number of likely N-dealkylation sites (N-methyl/N-ethyl adjacent to an activating group) is 1. The number of H-pyrrole nitrogens is 1. The number of nitrogens with zero attached hydrogens (tertiary/aromatic N) is 3. The minimum absolute atomic E-state index is 0.0144. The number of aromatic nitrogens is 2. The molecule has 1 fully saturated rings. The van der Waals surface area contributed by atoms with Crippen LogP contribution in [0.2, 0.25) is 0 Å². The van der Waals surface area contributed by atoms with Crippen LogP contribution in [0.3, 0.4) is 0 Å². The van der Waals surface area contributed by atoms with Crippen molar-refractivity contribution in [3.63, 3.8) is 0 Å². The van der Waals surface area contributed by atoms with Crippen molar-refractivity contribution in [3.8, 4) is 0 Å². The molecule has 0 aliphatic carbocycles. The van der Waals surface area contributed by atoms with Crippen LogP contribution in [0, 0.1) is 12.8 Å². The van der Waals surface area contributed by atoms with Gasteiger partial charge in [0.1, 0.15) is 5.82 Å². The number of rotatable bonds is 7. The number of carboxylic acid groups (broad SMARTS) is 2. The van der Waals surface area contributed by atoms with Crippen LogP contribution in [0.1, 0.15) is 17.8 Å². The highest BCUT2D eigenvalue weighted by atomic mass is 16.3. The van der Waals surface area contributed by atoms with E-state index in [0.717, 1.165) is 55.0 Å². The predicted octanol–water partition coefficient (Wildman–Crippen LogP) is 1.96. The molecule has 10 nitrogen and oxygen atoms in total. The van der Waals surface area contributed by atoms with E-state index in [1.54, 1.807) is 4.90 Å². The molecule has 0 radical (unpaired) electrons. The summed E-state index contributed by atoms with van der Waals surface area (Å²) in [5.41, 5.74) is 3.23. The van der Waals surface area contributed by atoms with Crippen LogP contribution in [0.5, 0.6) is 0 Å². The van der Waals surface area contributed by atoms with Crippen molar-refractivity contribution >= 4 is 30.0 Å². The molecule has 1 unspecified atom stereocenters. The number of hydrogen-bond donors (Lipinski definition) is 4. The summed E-state index contributed by atoms with van der Waals surface area (Å²) < 4.78 is 0. The largest absolute Gasteiger partial charge is 0.483 e. The molecule has 1 aliphatic rings. The van der Waals surface area contributed by atoms with E-state index < -0.39 is 0 Å². The minimum Gasteiger partial charge on any atom is -0.483 e. The van der Waals surface area contributed by atoms with E-state index in [4.69, 9.17) is 19.8 Å². The van der Waals surface area contributed by atoms with Crippen LogP contribution in [-0.2, 0) is 16.0 Å². The number of nitrogens with one attached hydrogen (secondary N) is 2. The molecule has 1 aromatic heterocycles. The quantitative estimate of drug-likeness (QED) is 0.376. The second-order valence-electron chi connectivity index (χ2n) is 7.43. The molecule has 4 N–H and O–H groups in total. The van der Waals surface area contributed by atoms with Gasteiger partial charge in [-0.25, -0.2) is 9.78 Å². The van der Waals surface area contributed by atoms with Crippen LogP contribution in [-0.4, -0.2) is 88.7 Å². The van der Waals surface area contributed by atoms with Gasteiger partial charge in [0.05, 0.1) is 11.0 Å². The first kappa shape index (κ1) is 26.6. The molecule has 10 heteroatoms. The van der Waals surface area contributed by atoms with Gasteiger partial charge in [0, 0.05) is 39.6 Å². The van der Waals surface area contributed by atoms with Gasteiger partial charge < -0.3 is 25.4 Å². The molecular weight excluding hydrogens is 414 g/mol. The van der Waals surface area contributed by atoms with E-state index in [0.29, 0.717) is 18.9 Å². The number of imidazole rings is 1. The molecule has 176 valence electrons. The van der Waals surface area contributed by atoms with Gasteiger partial charge in [0.2, 0.25) is 0 Å². The highest BCUT2D eigenvalue weighted by molar-refractivity contribution is 5.78. The fourth-order valence-corrected chi connectivity index (χ4v) is 3.51. The lowest BCUT2D eigenvalue weighted by atomic mass is 10.1. The van der Waals surface area contributed by atoms with E-state index in [1.807, 2.05) is 25.3 Å². The Morgan fingerprint density at radius 3 is 2.69 bits per heavy atom. The van der Waals surface area contributed by atoms with Gasteiger partial charge in [-0.1, -0.05) is 18.2 Å². The van der Waals surface area contributed by atoms with Gasteiger partial charge >= 0.3 is 6.03 Å². The molecular formula is C22H33N5O5. The zero-order valence-corrected chi connectivity index (χ0v) is 18.7. The molecule has 1 atom stereocenters. The average molecular weight is 448 g/mol. The Hall–Kier alpha value is -3.40. The number of urea groups is 1. The Morgan fingerprint density at radius 2 is 2.06 bits per heavy atom. The second-order valence-corrected chi connectivity index (χ2v) is 7.43. The number of amides is 2. The molecule has 1 aliphatic heterocycles. The number of hydrogen-bond acceptors (Lipinski definition) is 5. The lowest BCUT2D eigenvalue weighted by molar-refractivity contribution is -0.123. The van der Waals surface area contributed by atoms with Gasteiger partial charge in [0.25, 0.3) is 12.9 Å². The van der Waals surface area contributed by atoms with Crippen molar-refractivity contribution in [2.24, 2.45) is 5.92 Å². The average Bonchev–Trinajstić information content (AvgIpc) is 3.39. The summed E-state index contributed by atoms with van der Waals surface area (Å²) >= 11 is 0. The van der Waals surface area contributed by atoms with E-state index in [9.17, 15) is 4.79 Å². The van der Waals surface area contributed by atoms with E-state index in [1.165, 1.54) is 0 Å². The molecule has 0 spiro atoms. The van der Waals surface area contributed by atoms with Crippen molar-refractivity contribution < 1.29 is 24.6 Å². The summed E-state index contributed by atoms with van der Waals surface area (Å²) in [6.07, 6.45) is 3.79.